The first-order chi connectivity index (χ1) is 5.13. The zero-order chi connectivity index (χ0) is 8.85. The van der Waals surface area contributed by atoms with Crippen LogP contribution in [-0.2, 0) is 9.63 Å². The van der Waals surface area contributed by atoms with E-state index < -0.39 is 0 Å². The van der Waals surface area contributed by atoms with Crippen LogP contribution in [0.3, 0.4) is 0 Å². The molecular formula is C7H16N2O2. The van der Waals surface area contributed by atoms with Gasteiger partial charge in [0, 0.05) is 0 Å². The van der Waals surface area contributed by atoms with Crippen molar-refractivity contribution < 1.29 is 9.63 Å². The lowest BCUT2D eigenvalue weighted by molar-refractivity contribution is -0.125. The number of primary amides is 1. The molecule has 0 rings (SSSR count). The maximum Gasteiger partial charge on any atom is 0.237 e. The number of amides is 1. The van der Waals surface area contributed by atoms with Crippen LogP contribution < -0.4 is 11.2 Å². The van der Waals surface area contributed by atoms with Crippen LogP contribution in [0, 0.1) is 5.92 Å². The third-order valence-electron chi connectivity index (χ3n) is 1.76. The Morgan fingerprint density at radius 3 is 2.55 bits per heavy atom. The zero-order valence-electron chi connectivity index (χ0n) is 7.26. The topological polar surface area (TPSA) is 64.3 Å². The van der Waals surface area contributed by atoms with Gasteiger partial charge in [0.1, 0.15) is 6.04 Å². The first-order valence-electron chi connectivity index (χ1n) is 3.71. The van der Waals surface area contributed by atoms with Crippen molar-refractivity contribution in [2.24, 2.45) is 11.7 Å². The molecule has 0 saturated heterocycles. The van der Waals surface area contributed by atoms with Gasteiger partial charge in [-0.1, -0.05) is 20.3 Å². The third kappa shape index (κ3) is 3.34. The van der Waals surface area contributed by atoms with Crippen molar-refractivity contribution in [2.75, 3.05) is 7.11 Å². The van der Waals surface area contributed by atoms with E-state index in [1.54, 1.807) is 0 Å². The van der Waals surface area contributed by atoms with Gasteiger partial charge < -0.3 is 10.6 Å². The molecular weight excluding hydrogens is 144 g/mol. The van der Waals surface area contributed by atoms with E-state index in [2.05, 4.69) is 10.3 Å². The summed E-state index contributed by atoms with van der Waals surface area (Å²) in [5.41, 5.74) is 7.68. The molecule has 0 aromatic rings. The lowest BCUT2D eigenvalue weighted by Gasteiger charge is -2.19. The van der Waals surface area contributed by atoms with E-state index in [1.807, 2.05) is 13.8 Å². The van der Waals surface area contributed by atoms with Crippen molar-refractivity contribution in [2.45, 2.75) is 26.3 Å². The Hall–Kier alpha value is -0.610. The predicted molar refractivity (Wildman–Crippen MR) is 42.6 cm³/mol. The van der Waals surface area contributed by atoms with Crippen molar-refractivity contribution in [3.8, 4) is 0 Å². The van der Waals surface area contributed by atoms with Crippen LogP contribution in [0.15, 0.2) is 0 Å². The molecule has 2 atom stereocenters. The van der Waals surface area contributed by atoms with Crippen LogP contribution >= 0.6 is 0 Å². The lowest BCUT2D eigenvalue weighted by Crippen LogP contribution is -2.45. The van der Waals surface area contributed by atoms with E-state index in [1.165, 1.54) is 7.11 Å². The molecule has 0 aliphatic rings. The van der Waals surface area contributed by atoms with Crippen molar-refractivity contribution in [1.29, 1.82) is 0 Å². The minimum Gasteiger partial charge on any atom is -0.368 e. The minimum atomic E-state index is -0.384. The van der Waals surface area contributed by atoms with E-state index in [4.69, 9.17) is 5.73 Å². The maximum absolute atomic E-state index is 10.8. The van der Waals surface area contributed by atoms with Gasteiger partial charge in [-0.2, -0.15) is 5.48 Å². The summed E-state index contributed by atoms with van der Waals surface area (Å²) in [7, 11) is 1.47. The molecule has 11 heavy (non-hydrogen) atoms. The number of carbonyl (C=O) groups excluding carboxylic acids is 1. The SMILES string of the molecule is CC[C@H](C)[C@H](NOC)C(N)=O. The molecule has 0 radical (unpaired) electrons. The molecule has 3 N–H and O–H groups in total. The number of rotatable bonds is 5. The zero-order valence-corrected chi connectivity index (χ0v) is 7.26. The van der Waals surface area contributed by atoms with Gasteiger partial charge in [0.15, 0.2) is 0 Å². The molecule has 0 aliphatic heterocycles. The molecule has 4 nitrogen and oxygen atoms in total. The Labute approximate surface area is 67.0 Å². The van der Waals surface area contributed by atoms with Crippen molar-refractivity contribution in [1.82, 2.24) is 5.48 Å². The van der Waals surface area contributed by atoms with Crippen LogP contribution in [0.4, 0.5) is 0 Å². The Bertz CT molecular complexity index is 128. The smallest absolute Gasteiger partial charge is 0.237 e. The standard InChI is InChI=1S/C7H16N2O2/c1-4-5(2)6(7(8)10)9-11-3/h5-6,9H,4H2,1-3H3,(H2,8,10)/t5-,6-/m0/s1. The molecule has 0 heterocycles. The van der Waals surface area contributed by atoms with Gasteiger partial charge in [-0.3, -0.25) is 4.79 Å². The number of nitrogens with two attached hydrogens (primary N) is 1. The van der Waals surface area contributed by atoms with Gasteiger partial charge >= 0.3 is 0 Å². The Morgan fingerprint density at radius 2 is 2.27 bits per heavy atom. The highest BCUT2D eigenvalue weighted by Gasteiger charge is 2.20. The Morgan fingerprint density at radius 1 is 1.73 bits per heavy atom. The fraction of sp³-hybridized carbons (Fsp3) is 0.857. The highest BCUT2D eigenvalue weighted by atomic mass is 16.6. The third-order valence-corrected chi connectivity index (χ3v) is 1.76. The van der Waals surface area contributed by atoms with Crippen LogP contribution in [0.25, 0.3) is 0 Å². The second-order valence-electron chi connectivity index (χ2n) is 2.59. The average molecular weight is 160 g/mol. The van der Waals surface area contributed by atoms with E-state index in [-0.39, 0.29) is 17.9 Å². The summed E-state index contributed by atoms with van der Waals surface area (Å²) in [4.78, 5) is 15.4. The summed E-state index contributed by atoms with van der Waals surface area (Å²) in [6.45, 7) is 3.94. The van der Waals surface area contributed by atoms with Crippen molar-refractivity contribution >= 4 is 5.91 Å². The van der Waals surface area contributed by atoms with Gasteiger partial charge in [-0.15, -0.1) is 0 Å². The molecule has 0 bridgehead atoms. The van der Waals surface area contributed by atoms with E-state index >= 15 is 0 Å². The fourth-order valence-corrected chi connectivity index (χ4v) is 0.817. The molecule has 0 aliphatic carbocycles. The van der Waals surface area contributed by atoms with Crippen LogP contribution in [0.1, 0.15) is 20.3 Å². The number of nitrogens with one attached hydrogen (secondary N) is 1. The van der Waals surface area contributed by atoms with Crippen molar-refractivity contribution in [3.05, 3.63) is 0 Å². The number of carbonyl (C=O) groups is 1. The monoisotopic (exact) mass is 160 g/mol. The fourth-order valence-electron chi connectivity index (χ4n) is 0.817. The maximum atomic E-state index is 10.8. The second kappa shape index (κ2) is 5.09. The average Bonchev–Trinajstić information content (AvgIpc) is 1.98. The van der Waals surface area contributed by atoms with E-state index in [9.17, 15) is 4.79 Å². The molecule has 0 saturated carbocycles. The van der Waals surface area contributed by atoms with Gasteiger partial charge in [0.25, 0.3) is 0 Å². The summed E-state index contributed by atoms with van der Waals surface area (Å²) in [6.07, 6.45) is 0.893. The molecule has 0 spiro atoms. The van der Waals surface area contributed by atoms with Crippen molar-refractivity contribution in [3.63, 3.8) is 0 Å². The largest absolute Gasteiger partial charge is 0.368 e. The summed E-state index contributed by atoms with van der Waals surface area (Å²) in [5, 5.41) is 0. The van der Waals surface area contributed by atoms with E-state index in [0.717, 1.165) is 6.42 Å². The molecule has 4 heteroatoms. The normalized spacial score (nSPS) is 15.9. The van der Waals surface area contributed by atoms with E-state index in [0.29, 0.717) is 0 Å². The molecule has 0 fully saturated rings. The summed E-state index contributed by atoms with van der Waals surface area (Å²) in [6, 6.07) is -0.384. The summed E-state index contributed by atoms with van der Waals surface area (Å²) >= 11 is 0. The quantitative estimate of drug-likeness (QED) is 0.558. The summed E-state index contributed by atoms with van der Waals surface area (Å²) < 4.78 is 0. The highest BCUT2D eigenvalue weighted by Crippen LogP contribution is 2.06. The number of hydrogen-bond acceptors (Lipinski definition) is 3. The minimum absolute atomic E-state index is 0.201. The van der Waals surface area contributed by atoms with Crippen LogP contribution in [-0.4, -0.2) is 19.1 Å². The van der Waals surface area contributed by atoms with Crippen LogP contribution in [0.5, 0.6) is 0 Å². The second-order valence-corrected chi connectivity index (χ2v) is 2.59. The summed E-state index contributed by atoms with van der Waals surface area (Å²) in [5.74, 6) is -0.173. The molecule has 1 amide bonds. The molecule has 66 valence electrons. The lowest BCUT2D eigenvalue weighted by atomic mass is 10.00. The van der Waals surface area contributed by atoms with Gasteiger partial charge in [-0.05, 0) is 5.92 Å². The highest BCUT2D eigenvalue weighted by molar-refractivity contribution is 5.79. The Kier molecular flexibility index (Phi) is 4.81. The number of hydroxylamine groups is 1. The number of hydrogen-bond donors (Lipinski definition) is 2. The van der Waals surface area contributed by atoms with Gasteiger partial charge in [0.05, 0.1) is 7.11 Å². The molecule has 0 aromatic heterocycles. The van der Waals surface area contributed by atoms with Crippen LogP contribution in [0.2, 0.25) is 0 Å². The first-order valence-corrected chi connectivity index (χ1v) is 3.71. The predicted octanol–water partition coefficient (Wildman–Crippen LogP) is 0.0374. The van der Waals surface area contributed by atoms with Gasteiger partial charge in [0.2, 0.25) is 5.91 Å². The molecule has 0 unspecified atom stereocenters. The van der Waals surface area contributed by atoms with Gasteiger partial charge in [-0.25, -0.2) is 0 Å². The first kappa shape index (κ1) is 10.4. The molecule has 0 aromatic carbocycles. The Balaban J connectivity index is 3.97.